The quantitative estimate of drug-likeness (QED) is 0.499. The number of ether oxygens (including phenoxy) is 1. The number of aryl methyl sites for hydroxylation is 1. The van der Waals surface area contributed by atoms with Crippen LogP contribution in [0.4, 0.5) is 11.4 Å². The highest BCUT2D eigenvalue weighted by atomic mass is 32.2. The molecule has 8 heteroatoms. The number of methoxy groups -OCH3 is 1. The molecule has 3 aromatic carbocycles. The second-order valence-electron chi connectivity index (χ2n) is 8.75. The van der Waals surface area contributed by atoms with Crippen LogP contribution in [0.3, 0.4) is 0 Å². The van der Waals surface area contributed by atoms with Crippen molar-refractivity contribution in [2.24, 2.45) is 0 Å². The Bertz CT molecular complexity index is 1270. The van der Waals surface area contributed by atoms with Crippen molar-refractivity contribution >= 4 is 27.3 Å². The molecule has 0 radical (unpaired) electrons. The van der Waals surface area contributed by atoms with Gasteiger partial charge in [0.05, 0.1) is 31.3 Å². The van der Waals surface area contributed by atoms with Gasteiger partial charge in [-0.25, -0.2) is 8.42 Å². The van der Waals surface area contributed by atoms with Gasteiger partial charge in [-0.15, -0.1) is 0 Å². The fourth-order valence-electron chi connectivity index (χ4n) is 4.25. The van der Waals surface area contributed by atoms with Crippen molar-refractivity contribution in [1.29, 1.82) is 0 Å². The van der Waals surface area contributed by atoms with Crippen molar-refractivity contribution in [2.45, 2.75) is 13.5 Å². The van der Waals surface area contributed by atoms with Gasteiger partial charge in [-0.3, -0.25) is 9.10 Å². The summed E-state index contributed by atoms with van der Waals surface area (Å²) in [6.07, 6.45) is 1.20. The van der Waals surface area contributed by atoms with E-state index in [9.17, 15) is 13.2 Å². The van der Waals surface area contributed by atoms with Crippen molar-refractivity contribution in [3.05, 3.63) is 89.5 Å². The van der Waals surface area contributed by atoms with Crippen molar-refractivity contribution < 1.29 is 17.9 Å². The largest absolute Gasteiger partial charge is 0.495 e. The Morgan fingerprint density at radius 2 is 1.54 bits per heavy atom. The van der Waals surface area contributed by atoms with E-state index >= 15 is 0 Å². The number of carbonyl (C=O) groups excluding carboxylic acids is 1. The van der Waals surface area contributed by atoms with Gasteiger partial charge in [-0.2, -0.15) is 0 Å². The topological polar surface area (TPSA) is 70.2 Å². The maximum Gasteiger partial charge on any atom is 0.253 e. The van der Waals surface area contributed by atoms with Gasteiger partial charge in [-0.1, -0.05) is 42.0 Å². The molecule has 0 N–H and O–H groups in total. The number of nitrogens with zero attached hydrogens (tertiary/aromatic N) is 3. The Balaban J connectivity index is 1.44. The van der Waals surface area contributed by atoms with Crippen LogP contribution < -0.4 is 13.9 Å². The fourth-order valence-corrected chi connectivity index (χ4v) is 5.14. The molecule has 1 heterocycles. The Morgan fingerprint density at radius 3 is 2.14 bits per heavy atom. The van der Waals surface area contributed by atoms with E-state index in [2.05, 4.69) is 4.90 Å². The molecule has 0 saturated carbocycles. The number of hydrogen-bond donors (Lipinski definition) is 0. The number of hydrogen-bond acceptors (Lipinski definition) is 5. The minimum Gasteiger partial charge on any atom is -0.495 e. The maximum atomic E-state index is 13.1. The number of amides is 1. The Labute approximate surface area is 207 Å². The first-order chi connectivity index (χ1) is 16.8. The summed E-state index contributed by atoms with van der Waals surface area (Å²) < 4.78 is 31.8. The van der Waals surface area contributed by atoms with Gasteiger partial charge < -0.3 is 14.5 Å². The van der Waals surface area contributed by atoms with Crippen molar-refractivity contribution in [1.82, 2.24) is 4.90 Å². The van der Waals surface area contributed by atoms with E-state index in [0.29, 0.717) is 37.4 Å². The number of para-hydroxylation sites is 2. The number of piperazine rings is 1. The molecule has 1 saturated heterocycles. The Kier molecular flexibility index (Phi) is 7.31. The van der Waals surface area contributed by atoms with Crippen molar-refractivity contribution in [2.75, 3.05) is 48.7 Å². The molecular formula is C27H31N3O4S. The predicted molar refractivity (Wildman–Crippen MR) is 140 cm³/mol. The van der Waals surface area contributed by atoms with E-state index in [1.165, 1.54) is 10.6 Å². The van der Waals surface area contributed by atoms with Crippen LogP contribution in [0.5, 0.6) is 5.75 Å². The molecule has 4 rings (SSSR count). The summed E-state index contributed by atoms with van der Waals surface area (Å²) in [5.41, 5.74) is 4.12. The molecule has 7 nitrogen and oxygen atoms in total. The second kappa shape index (κ2) is 10.4. The molecule has 0 bridgehead atoms. The van der Waals surface area contributed by atoms with E-state index in [1.54, 1.807) is 31.4 Å². The van der Waals surface area contributed by atoms with E-state index in [4.69, 9.17) is 4.74 Å². The summed E-state index contributed by atoms with van der Waals surface area (Å²) in [6.45, 7) is 4.85. The number of benzene rings is 3. The van der Waals surface area contributed by atoms with Crippen molar-refractivity contribution in [3.63, 3.8) is 0 Å². The molecule has 3 aromatic rings. The van der Waals surface area contributed by atoms with Crippen LogP contribution >= 0.6 is 0 Å². The molecule has 0 aromatic heterocycles. The smallest absolute Gasteiger partial charge is 0.253 e. The van der Waals surface area contributed by atoms with Gasteiger partial charge >= 0.3 is 0 Å². The fraction of sp³-hybridized carbons (Fsp3) is 0.296. The number of anilines is 2. The number of carbonyl (C=O) groups is 1. The van der Waals surface area contributed by atoms with Crippen LogP contribution in [0.1, 0.15) is 21.5 Å². The molecule has 0 aliphatic carbocycles. The zero-order valence-corrected chi connectivity index (χ0v) is 21.2. The highest BCUT2D eigenvalue weighted by molar-refractivity contribution is 7.92. The Morgan fingerprint density at radius 1 is 0.914 bits per heavy atom. The first-order valence-electron chi connectivity index (χ1n) is 11.6. The summed E-state index contributed by atoms with van der Waals surface area (Å²) in [7, 11) is -1.84. The standard InChI is InChI=1S/C27H31N3O4S/c1-21-8-10-22(11-9-21)20-30(35(3,32)33)24-14-12-23(13-15-24)27(31)29-18-16-28(17-19-29)25-6-4-5-7-26(25)34-2/h4-15H,16-20H2,1-3H3. The second-order valence-corrected chi connectivity index (χ2v) is 10.7. The van der Waals surface area contributed by atoms with Gasteiger partial charge in [0.2, 0.25) is 10.0 Å². The number of rotatable bonds is 7. The molecule has 184 valence electrons. The summed E-state index contributed by atoms with van der Waals surface area (Å²) in [6, 6.07) is 22.5. The molecular weight excluding hydrogens is 462 g/mol. The molecule has 0 atom stereocenters. The van der Waals surface area contributed by atoms with Crippen LogP contribution in [0.15, 0.2) is 72.8 Å². The van der Waals surface area contributed by atoms with Crippen LogP contribution in [0.2, 0.25) is 0 Å². The summed E-state index contributed by atoms with van der Waals surface area (Å²) >= 11 is 0. The highest BCUT2D eigenvalue weighted by Crippen LogP contribution is 2.29. The molecule has 0 spiro atoms. The SMILES string of the molecule is COc1ccccc1N1CCN(C(=O)c2ccc(N(Cc3ccc(C)cc3)S(C)(=O)=O)cc2)CC1. The van der Waals surface area contributed by atoms with Gasteiger partial charge in [0.1, 0.15) is 5.75 Å². The van der Waals surface area contributed by atoms with Gasteiger partial charge in [-0.05, 0) is 48.9 Å². The summed E-state index contributed by atoms with van der Waals surface area (Å²) in [5.74, 6) is 0.768. The normalized spacial score (nSPS) is 14.0. The van der Waals surface area contributed by atoms with Crippen LogP contribution in [-0.2, 0) is 16.6 Å². The highest BCUT2D eigenvalue weighted by Gasteiger charge is 2.24. The molecule has 0 unspecified atom stereocenters. The van der Waals surface area contributed by atoms with Crippen LogP contribution in [0, 0.1) is 6.92 Å². The van der Waals surface area contributed by atoms with Crippen LogP contribution in [0.25, 0.3) is 0 Å². The number of sulfonamides is 1. The molecule has 1 aliphatic heterocycles. The van der Waals surface area contributed by atoms with Gasteiger partial charge in [0, 0.05) is 31.7 Å². The maximum absolute atomic E-state index is 13.1. The Hall–Kier alpha value is -3.52. The van der Waals surface area contributed by atoms with E-state index in [-0.39, 0.29) is 12.5 Å². The summed E-state index contributed by atoms with van der Waals surface area (Å²) in [4.78, 5) is 17.2. The minimum absolute atomic E-state index is 0.0549. The lowest BCUT2D eigenvalue weighted by Gasteiger charge is -2.36. The van der Waals surface area contributed by atoms with E-state index in [1.807, 2.05) is 60.4 Å². The van der Waals surface area contributed by atoms with Crippen molar-refractivity contribution in [3.8, 4) is 5.75 Å². The summed E-state index contributed by atoms with van der Waals surface area (Å²) in [5, 5.41) is 0. The third kappa shape index (κ3) is 5.77. The lowest BCUT2D eigenvalue weighted by Crippen LogP contribution is -2.48. The zero-order chi connectivity index (χ0) is 25.0. The lowest BCUT2D eigenvalue weighted by molar-refractivity contribution is 0.0746. The first kappa shape index (κ1) is 24.6. The average molecular weight is 494 g/mol. The first-order valence-corrected chi connectivity index (χ1v) is 13.4. The zero-order valence-electron chi connectivity index (χ0n) is 20.3. The monoisotopic (exact) mass is 493 g/mol. The predicted octanol–water partition coefficient (Wildman–Crippen LogP) is 3.93. The third-order valence-electron chi connectivity index (χ3n) is 6.24. The average Bonchev–Trinajstić information content (AvgIpc) is 2.87. The third-order valence-corrected chi connectivity index (χ3v) is 7.38. The lowest BCUT2D eigenvalue weighted by atomic mass is 10.1. The molecule has 1 aliphatic rings. The molecule has 1 amide bonds. The van der Waals surface area contributed by atoms with Gasteiger partial charge in [0.15, 0.2) is 0 Å². The van der Waals surface area contributed by atoms with Gasteiger partial charge in [0.25, 0.3) is 5.91 Å². The van der Waals surface area contributed by atoms with E-state index < -0.39 is 10.0 Å². The minimum atomic E-state index is -3.50. The van der Waals surface area contributed by atoms with E-state index in [0.717, 1.165) is 22.6 Å². The molecule has 1 fully saturated rings. The van der Waals surface area contributed by atoms with Crippen LogP contribution in [-0.4, -0.2) is 58.8 Å². The molecule has 35 heavy (non-hydrogen) atoms.